The van der Waals surface area contributed by atoms with Crippen molar-refractivity contribution in [3.63, 3.8) is 0 Å². The van der Waals surface area contributed by atoms with Crippen LogP contribution in [0.2, 0.25) is 0 Å². The zero-order valence-corrected chi connectivity index (χ0v) is 19.0. The SMILES string of the molecule is CC(C(=O)NCC(F)(F)F)n1c(=O)[nH]c2cnc(-c3c[nH]c4ncc(C#CCN(C)C)cc34)nc21. The number of nitrogens with one attached hydrogen (secondary N) is 3. The summed E-state index contributed by atoms with van der Waals surface area (Å²) < 4.78 is 38.5. The van der Waals surface area contributed by atoms with E-state index >= 15 is 0 Å². The fourth-order valence-corrected chi connectivity index (χ4v) is 3.41. The molecule has 3 N–H and O–H groups in total. The molecule has 1 amide bonds. The van der Waals surface area contributed by atoms with Crippen LogP contribution in [0.5, 0.6) is 0 Å². The molecule has 35 heavy (non-hydrogen) atoms. The number of nitrogens with zero attached hydrogens (tertiary/aromatic N) is 5. The normalized spacial score (nSPS) is 12.7. The van der Waals surface area contributed by atoms with Crippen molar-refractivity contribution in [1.82, 2.24) is 39.7 Å². The van der Waals surface area contributed by atoms with E-state index in [4.69, 9.17) is 0 Å². The number of alkyl halides is 3. The van der Waals surface area contributed by atoms with Crippen LogP contribution < -0.4 is 11.0 Å². The first-order valence-electron chi connectivity index (χ1n) is 10.5. The highest BCUT2D eigenvalue weighted by Gasteiger charge is 2.30. The number of hydrogen-bond acceptors (Lipinski definition) is 6. The smallest absolute Gasteiger partial charge is 0.345 e. The van der Waals surface area contributed by atoms with Gasteiger partial charge in [-0.05, 0) is 27.1 Å². The Bertz CT molecular complexity index is 1520. The molecular formula is C22H21F3N8O2. The molecule has 1 unspecified atom stereocenters. The Balaban J connectivity index is 1.72. The Kier molecular flexibility index (Phi) is 6.31. The number of H-pyrrole nitrogens is 2. The first kappa shape index (κ1) is 24.0. The number of pyridine rings is 1. The second-order valence-corrected chi connectivity index (χ2v) is 8.10. The average Bonchev–Trinajstić information content (AvgIpc) is 3.35. The molecule has 0 saturated heterocycles. The van der Waals surface area contributed by atoms with Crippen molar-refractivity contribution in [3.05, 3.63) is 40.7 Å². The Labute approximate surface area is 196 Å². The molecule has 0 spiro atoms. The van der Waals surface area contributed by atoms with Gasteiger partial charge in [-0.2, -0.15) is 13.2 Å². The third-order valence-corrected chi connectivity index (χ3v) is 5.09. The predicted octanol–water partition coefficient (Wildman–Crippen LogP) is 1.82. The summed E-state index contributed by atoms with van der Waals surface area (Å²) in [6.45, 7) is 0.393. The standard InChI is InChI=1S/C22H21F3N8O2/c1-12(20(34)29-11-22(23,24)25)33-19-16(30-21(33)35)10-28-18(31-19)15-9-27-17-14(15)7-13(8-26-17)5-4-6-32(2)3/h7-10,12H,6,11H2,1-3H3,(H,26,27)(H,29,34)(H,30,35). The molecule has 0 bridgehead atoms. The Morgan fingerprint density at radius 3 is 2.77 bits per heavy atom. The minimum absolute atomic E-state index is 0.0823. The third kappa shape index (κ3) is 5.17. The number of amides is 1. The van der Waals surface area contributed by atoms with Crippen molar-refractivity contribution in [2.45, 2.75) is 19.1 Å². The summed E-state index contributed by atoms with van der Waals surface area (Å²) in [7, 11) is 3.82. The van der Waals surface area contributed by atoms with Gasteiger partial charge in [0, 0.05) is 28.9 Å². The van der Waals surface area contributed by atoms with Gasteiger partial charge in [0.1, 0.15) is 23.8 Å². The molecule has 0 aliphatic heterocycles. The fourth-order valence-electron chi connectivity index (χ4n) is 3.41. The topological polar surface area (TPSA) is 125 Å². The molecule has 0 saturated carbocycles. The summed E-state index contributed by atoms with van der Waals surface area (Å²) >= 11 is 0. The number of fused-ring (bicyclic) bond motifs is 2. The number of rotatable bonds is 5. The van der Waals surface area contributed by atoms with Crippen molar-refractivity contribution < 1.29 is 18.0 Å². The van der Waals surface area contributed by atoms with E-state index in [2.05, 4.69) is 36.8 Å². The van der Waals surface area contributed by atoms with Crippen molar-refractivity contribution in [2.75, 3.05) is 27.2 Å². The van der Waals surface area contributed by atoms with E-state index in [9.17, 15) is 22.8 Å². The van der Waals surface area contributed by atoms with E-state index in [1.54, 1.807) is 17.7 Å². The van der Waals surface area contributed by atoms with E-state index in [1.165, 1.54) is 13.1 Å². The highest BCUT2D eigenvalue weighted by Crippen LogP contribution is 2.27. The Morgan fingerprint density at radius 1 is 1.29 bits per heavy atom. The van der Waals surface area contributed by atoms with E-state index in [1.807, 2.05) is 25.1 Å². The van der Waals surface area contributed by atoms with Crippen LogP contribution in [0.3, 0.4) is 0 Å². The molecule has 0 radical (unpaired) electrons. The Hall–Kier alpha value is -4.18. The van der Waals surface area contributed by atoms with Gasteiger partial charge in [0.2, 0.25) is 5.91 Å². The summed E-state index contributed by atoms with van der Waals surface area (Å²) in [6, 6.07) is 0.589. The second-order valence-electron chi connectivity index (χ2n) is 8.10. The van der Waals surface area contributed by atoms with Gasteiger partial charge in [0.15, 0.2) is 11.5 Å². The van der Waals surface area contributed by atoms with Gasteiger partial charge in [-0.25, -0.2) is 19.7 Å². The van der Waals surface area contributed by atoms with Crippen molar-refractivity contribution in [1.29, 1.82) is 0 Å². The lowest BCUT2D eigenvalue weighted by molar-refractivity contribution is -0.140. The molecule has 4 rings (SSSR count). The predicted molar refractivity (Wildman–Crippen MR) is 122 cm³/mol. The molecule has 13 heteroatoms. The zero-order valence-electron chi connectivity index (χ0n) is 19.0. The van der Waals surface area contributed by atoms with Gasteiger partial charge in [-0.3, -0.25) is 14.3 Å². The summed E-state index contributed by atoms with van der Waals surface area (Å²) in [6.07, 6.45) is 0.0999. The quantitative estimate of drug-likeness (QED) is 0.370. The van der Waals surface area contributed by atoms with Gasteiger partial charge in [-0.1, -0.05) is 11.8 Å². The third-order valence-electron chi connectivity index (χ3n) is 5.09. The number of aromatic amines is 2. The maximum absolute atomic E-state index is 12.5. The van der Waals surface area contributed by atoms with E-state index in [0.29, 0.717) is 28.7 Å². The maximum atomic E-state index is 12.5. The molecule has 4 heterocycles. The maximum Gasteiger partial charge on any atom is 0.405 e. The number of hydrogen-bond donors (Lipinski definition) is 3. The van der Waals surface area contributed by atoms with Crippen LogP contribution in [-0.4, -0.2) is 73.7 Å². The van der Waals surface area contributed by atoms with Crippen molar-refractivity contribution in [3.8, 4) is 23.2 Å². The molecule has 0 aromatic carbocycles. The van der Waals surface area contributed by atoms with Crippen LogP contribution in [0.15, 0.2) is 29.5 Å². The molecule has 4 aromatic heterocycles. The lowest BCUT2D eigenvalue weighted by Crippen LogP contribution is -2.39. The fraction of sp³-hybridized carbons (Fsp3) is 0.318. The van der Waals surface area contributed by atoms with Crippen LogP contribution in [0, 0.1) is 11.8 Å². The summed E-state index contributed by atoms with van der Waals surface area (Å²) in [5.74, 6) is 5.35. The summed E-state index contributed by atoms with van der Waals surface area (Å²) in [5, 5.41) is 2.48. The first-order valence-corrected chi connectivity index (χ1v) is 10.5. The molecular weight excluding hydrogens is 465 g/mol. The molecule has 4 aromatic rings. The number of aromatic nitrogens is 6. The minimum Gasteiger partial charge on any atom is -0.345 e. The van der Waals surface area contributed by atoms with Gasteiger partial charge >= 0.3 is 11.9 Å². The molecule has 1 atom stereocenters. The number of carbonyl (C=O) groups is 1. The van der Waals surface area contributed by atoms with Crippen LogP contribution in [0.1, 0.15) is 18.5 Å². The highest BCUT2D eigenvalue weighted by atomic mass is 19.4. The first-order chi connectivity index (χ1) is 16.5. The van der Waals surface area contributed by atoms with Crippen molar-refractivity contribution in [2.24, 2.45) is 0 Å². The minimum atomic E-state index is -4.57. The number of halogens is 3. The van der Waals surface area contributed by atoms with E-state index < -0.39 is 30.4 Å². The number of imidazole rings is 1. The molecule has 182 valence electrons. The Morgan fingerprint density at radius 2 is 2.06 bits per heavy atom. The second kappa shape index (κ2) is 9.22. The zero-order chi connectivity index (χ0) is 25.3. The van der Waals surface area contributed by atoms with E-state index in [-0.39, 0.29) is 17.0 Å². The monoisotopic (exact) mass is 486 g/mol. The number of carbonyl (C=O) groups excluding carboxylic acids is 1. The van der Waals surface area contributed by atoms with Crippen LogP contribution in [-0.2, 0) is 4.79 Å². The molecule has 0 aliphatic rings. The van der Waals surface area contributed by atoms with Crippen molar-refractivity contribution >= 4 is 28.1 Å². The summed E-state index contributed by atoms with van der Waals surface area (Å²) in [4.78, 5) is 45.4. The lowest BCUT2D eigenvalue weighted by Gasteiger charge is -2.14. The largest absolute Gasteiger partial charge is 0.405 e. The van der Waals surface area contributed by atoms with Crippen LogP contribution >= 0.6 is 0 Å². The lowest BCUT2D eigenvalue weighted by atomic mass is 10.1. The highest BCUT2D eigenvalue weighted by molar-refractivity contribution is 5.93. The molecule has 0 aliphatic carbocycles. The van der Waals surface area contributed by atoms with Crippen LogP contribution in [0.4, 0.5) is 13.2 Å². The van der Waals surface area contributed by atoms with Gasteiger partial charge in [-0.15, -0.1) is 0 Å². The molecule has 10 nitrogen and oxygen atoms in total. The van der Waals surface area contributed by atoms with E-state index in [0.717, 1.165) is 4.57 Å². The van der Waals surface area contributed by atoms with Gasteiger partial charge in [0.25, 0.3) is 0 Å². The van der Waals surface area contributed by atoms with Gasteiger partial charge < -0.3 is 15.3 Å². The van der Waals surface area contributed by atoms with Gasteiger partial charge in [0.05, 0.1) is 12.7 Å². The molecule has 0 fully saturated rings. The van der Waals surface area contributed by atoms with Crippen LogP contribution in [0.25, 0.3) is 33.6 Å². The average molecular weight is 486 g/mol. The summed E-state index contributed by atoms with van der Waals surface area (Å²) in [5.41, 5.74) is 1.48.